The Labute approximate surface area is 164 Å². The fourth-order valence-electron chi connectivity index (χ4n) is 3.27. The van der Waals surface area contributed by atoms with Crippen molar-refractivity contribution in [3.05, 3.63) is 82.9 Å². The van der Waals surface area contributed by atoms with E-state index in [-0.39, 0.29) is 22.7 Å². The Morgan fingerprint density at radius 2 is 1.76 bits per heavy atom. The number of aromatic nitrogens is 1. The van der Waals surface area contributed by atoms with E-state index in [0.717, 1.165) is 17.0 Å². The molecule has 0 spiro atoms. The number of aryl methyl sites for hydroxylation is 1. The number of phenols is 1. The number of ketones is 1. The van der Waals surface area contributed by atoms with E-state index in [9.17, 15) is 24.2 Å². The Morgan fingerprint density at radius 3 is 2.34 bits per heavy atom. The van der Waals surface area contributed by atoms with Gasteiger partial charge in [0.05, 0.1) is 11.6 Å². The van der Waals surface area contributed by atoms with E-state index in [0.29, 0.717) is 11.3 Å². The molecule has 8 heteroatoms. The van der Waals surface area contributed by atoms with E-state index >= 15 is 0 Å². The molecule has 3 aromatic rings. The second-order valence-corrected chi connectivity index (χ2v) is 6.56. The number of halogens is 1. The Kier molecular flexibility index (Phi) is 4.38. The molecule has 2 aromatic carbocycles. The van der Waals surface area contributed by atoms with Gasteiger partial charge in [0.2, 0.25) is 0 Å². The van der Waals surface area contributed by atoms with Gasteiger partial charge >= 0.3 is 5.91 Å². The summed E-state index contributed by atoms with van der Waals surface area (Å²) in [5.41, 5.74) is 0.476. The highest BCUT2D eigenvalue weighted by Gasteiger charge is 2.48. The monoisotopic (exact) mass is 394 g/mol. The van der Waals surface area contributed by atoms with Crippen molar-refractivity contribution in [1.29, 1.82) is 0 Å². The molecule has 0 aliphatic carbocycles. The van der Waals surface area contributed by atoms with Gasteiger partial charge < -0.3 is 14.7 Å². The minimum atomic E-state index is -1.01. The van der Waals surface area contributed by atoms with Crippen molar-refractivity contribution in [1.82, 2.24) is 5.16 Å². The maximum Gasteiger partial charge on any atom is 0.301 e. The normalized spacial score (nSPS) is 18.4. The fraction of sp³-hybridized carbons (Fsp3) is 0.0952. The first kappa shape index (κ1) is 18.4. The Bertz CT molecular complexity index is 1130. The highest BCUT2D eigenvalue weighted by Crippen LogP contribution is 2.42. The molecular formula is C21H15FN2O5. The molecule has 2 N–H and O–H groups in total. The second kappa shape index (κ2) is 6.90. The van der Waals surface area contributed by atoms with E-state index in [1.807, 2.05) is 0 Å². The number of hydrogen-bond donors (Lipinski definition) is 2. The summed E-state index contributed by atoms with van der Waals surface area (Å²) in [6.07, 6.45) is 0. The van der Waals surface area contributed by atoms with Crippen LogP contribution in [0.5, 0.6) is 5.75 Å². The first-order valence-electron chi connectivity index (χ1n) is 8.66. The van der Waals surface area contributed by atoms with Crippen LogP contribution in [0.2, 0.25) is 0 Å². The van der Waals surface area contributed by atoms with Gasteiger partial charge in [0, 0.05) is 11.6 Å². The van der Waals surface area contributed by atoms with Crippen molar-refractivity contribution in [2.24, 2.45) is 0 Å². The number of anilines is 1. The molecule has 1 aliphatic rings. The number of aromatic hydroxyl groups is 1. The summed E-state index contributed by atoms with van der Waals surface area (Å²) in [6, 6.07) is 11.3. The fourth-order valence-corrected chi connectivity index (χ4v) is 3.27. The van der Waals surface area contributed by atoms with Crippen molar-refractivity contribution in [3.8, 4) is 5.75 Å². The quantitative estimate of drug-likeness (QED) is 0.401. The summed E-state index contributed by atoms with van der Waals surface area (Å²) in [4.78, 5) is 26.8. The first-order chi connectivity index (χ1) is 13.9. The van der Waals surface area contributed by atoms with Gasteiger partial charge in [0.25, 0.3) is 5.78 Å². The molecule has 7 nitrogen and oxygen atoms in total. The summed E-state index contributed by atoms with van der Waals surface area (Å²) in [7, 11) is 0. The van der Waals surface area contributed by atoms with E-state index in [1.54, 1.807) is 6.92 Å². The van der Waals surface area contributed by atoms with Crippen LogP contribution in [0.15, 0.2) is 64.7 Å². The van der Waals surface area contributed by atoms with Gasteiger partial charge in [-0.05, 0) is 48.9 Å². The third kappa shape index (κ3) is 3.14. The number of carbonyl (C=O) groups is 2. The minimum absolute atomic E-state index is 0.00140. The maximum atomic E-state index is 13.3. The lowest BCUT2D eigenvalue weighted by Crippen LogP contribution is -2.29. The van der Waals surface area contributed by atoms with Crippen molar-refractivity contribution < 1.29 is 28.7 Å². The number of hydrogen-bond acceptors (Lipinski definition) is 6. The third-order valence-electron chi connectivity index (χ3n) is 4.63. The lowest BCUT2D eigenvalue weighted by atomic mass is 9.95. The predicted octanol–water partition coefficient (Wildman–Crippen LogP) is 3.45. The van der Waals surface area contributed by atoms with Gasteiger partial charge in [-0.25, -0.2) is 4.39 Å². The van der Waals surface area contributed by atoms with Crippen LogP contribution in [-0.2, 0) is 9.59 Å². The number of aliphatic hydroxyl groups excluding tert-OH is 1. The van der Waals surface area contributed by atoms with E-state index in [4.69, 9.17) is 4.52 Å². The maximum absolute atomic E-state index is 13.3. The van der Waals surface area contributed by atoms with Crippen LogP contribution in [0.4, 0.5) is 10.2 Å². The van der Waals surface area contributed by atoms with Crippen LogP contribution in [0.25, 0.3) is 5.76 Å². The number of phenolic OH excluding ortho intramolecular Hbond substituents is 1. The van der Waals surface area contributed by atoms with Crippen LogP contribution in [0.1, 0.15) is 22.9 Å². The summed E-state index contributed by atoms with van der Waals surface area (Å²) >= 11 is 0. The molecule has 0 radical (unpaired) electrons. The van der Waals surface area contributed by atoms with Gasteiger partial charge in [-0.2, -0.15) is 0 Å². The van der Waals surface area contributed by atoms with Gasteiger partial charge in [-0.3, -0.25) is 14.5 Å². The summed E-state index contributed by atoms with van der Waals surface area (Å²) in [5, 5.41) is 24.2. The van der Waals surface area contributed by atoms with Crippen LogP contribution in [-0.4, -0.2) is 27.1 Å². The number of nitrogens with zero attached hydrogens (tertiary/aromatic N) is 2. The van der Waals surface area contributed by atoms with Crippen LogP contribution < -0.4 is 4.90 Å². The number of rotatable bonds is 3. The van der Waals surface area contributed by atoms with E-state index < -0.39 is 29.3 Å². The van der Waals surface area contributed by atoms with Crippen LogP contribution in [0.3, 0.4) is 0 Å². The molecule has 0 bridgehead atoms. The van der Waals surface area contributed by atoms with Crippen LogP contribution >= 0.6 is 0 Å². The summed E-state index contributed by atoms with van der Waals surface area (Å²) in [6.45, 7) is 1.64. The molecule has 29 heavy (non-hydrogen) atoms. The standard InChI is InChI=1S/C21H15FN2O5/c1-11-10-16(23-29-11)24-18(12-4-8-15(25)9-5-12)17(20(27)21(24)28)19(26)13-2-6-14(22)7-3-13/h2-10,18,25-26H,1H3/b19-17+. The lowest BCUT2D eigenvalue weighted by Gasteiger charge is -2.22. The third-order valence-corrected chi connectivity index (χ3v) is 4.63. The van der Waals surface area contributed by atoms with Gasteiger partial charge in [0.15, 0.2) is 5.82 Å². The molecular weight excluding hydrogens is 379 g/mol. The zero-order valence-corrected chi connectivity index (χ0v) is 15.2. The molecule has 1 saturated heterocycles. The Morgan fingerprint density at radius 1 is 1.10 bits per heavy atom. The number of Topliss-reactive ketones (excluding diaryl/α,β-unsaturated/α-hetero) is 1. The zero-order chi connectivity index (χ0) is 20.7. The molecule has 1 unspecified atom stereocenters. The van der Waals surface area contributed by atoms with E-state index in [1.165, 1.54) is 42.5 Å². The molecule has 1 fully saturated rings. The first-order valence-corrected chi connectivity index (χ1v) is 8.66. The average molecular weight is 394 g/mol. The molecule has 146 valence electrons. The molecule has 2 heterocycles. The minimum Gasteiger partial charge on any atom is -0.508 e. The molecule has 1 atom stereocenters. The Balaban J connectivity index is 1.93. The smallest absolute Gasteiger partial charge is 0.301 e. The van der Waals surface area contributed by atoms with Gasteiger partial charge in [-0.15, -0.1) is 0 Å². The zero-order valence-electron chi connectivity index (χ0n) is 15.2. The van der Waals surface area contributed by atoms with Gasteiger partial charge in [-0.1, -0.05) is 17.3 Å². The Hall–Kier alpha value is -3.94. The molecule has 1 aromatic heterocycles. The van der Waals surface area contributed by atoms with Crippen molar-refractivity contribution in [3.63, 3.8) is 0 Å². The topological polar surface area (TPSA) is 104 Å². The van der Waals surface area contributed by atoms with Crippen molar-refractivity contribution >= 4 is 23.3 Å². The molecule has 1 aliphatic heterocycles. The lowest BCUT2D eigenvalue weighted by molar-refractivity contribution is -0.132. The number of benzene rings is 2. The average Bonchev–Trinajstić information content (AvgIpc) is 3.24. The number of aliphatic hydroxyl groups is 1. The van der Waals surface area contributed by atoms with Crippen molar-refractivity contribution in [2.45, 2.75) is 13.0 Å². The summed E-state index contributed by atoms with van der Waals surface area (Å²) in [5.74, 6) is -2.20. The SMILES string of the molecule is Cc1cc(N2C(=O)C(=O)/C(=C(/O)c3ccc(F)cc3)C2c2ccc(O)cc2)no1. The largest absolute Gasteiger partial charge is 0.508 e. The highest BCUT2D eigenvalue weighted by molar-refractivity contribution is 6.51. The van der Waals surface area contributed by atoms with E-state index in [2.05, 4.69) is 5.16 Å². The molecule has 1 amide bonds. The number of amides is 1. The second-order valence-electron chi connectivity index (χ2n) is 6.56. The molecule has 4 rings (SSSR count). The van der Waals surface area contributed by atoms with Gasteiger partial charge in [0.1, 0.15) is 23.1 Å². The highest BCUT2D eigenvalue weighted by atomic mass is 19.1. The molecule has 0 saturated carbocycles. The number of carbonyl (C=O) groups excluding carboxylic acids is 2. The van der Waals surface area contributed by atoms with Crippen molar-refractivity contribution in [2.75, 3.05) is 4.90 Å². The predicted molar refractivity (Wildman–Crippen MR) is 101 cm³/mol. The van der Waals surface area contributed by atoms with Crippen LogP contribution in [0, 0.1) is 12.7 Å². The summed E-state index contributed by atoms with van der Waals surface area (Å²) < 4.78 is 18.3.